The van der Waals surface area contributed by atoms with Crippen molar-refractivity contribution >= 4 is 54.9 Å². The summed E-state index contributed by atoms with van der Waals surface area (Å²) in [6, 6.07) is 45.1. The van der Waals surface area contributed by atoms with Crippen molar-refractivity contribution in [2.45, 2.75) is 0 Å². The summed E-state index contributed by atoms with van der Waals surface area (Å²) >= 11 is 0. The summed E-state index contributed by atoms with van der Waals surface area (Å²) in [4.78, 5) is 24.1. The normalized spacial score (nSPS) is 11.5. The minimum atomic E-state index is -0.248. The van der Waals surface area contributed by atoms with E-state index in [1.165, 1.54) is 0 Å². The van der Waals surface area contributed by atoms with Gasteiger partial charge in [0.25, 0.3) is 0 Å². The van der Waals surface area contributed by atoms with Gasteiger partial charge in [-0.3, -0.25) is 8.80 Å². The molecule has 6 bridgehead atoms. The van der Waals surface area contributed by atoms with Crippen LogP contribution in [0.4, 0.5) is 0 Å². The molecule has 1 N–H and O–H groups in total. The summed E-state index contributed by atoms with van der Waals surface area (Å²) in [5, 5.41) is 20.9. The van der Waals surface area contributed by atoms with E-state index in [0.29, 0.717) is 44.7 Å². The van der Waals surface area contributed by atoms with E-state index in [2.05, 4.69) is 17.1 Å². The molecule has 0 spiro atoms. The fourth-order valence-electron chi connectivity index (χ4n) is 8.04. The number of ether oxygens (including phenoxy) is 2. The van der Waals surface area contributed by atoms with E-state index in [9.17, 15) is 10.5 Å². The van der Waals surface area contributed by atoms with Gasteiger partial charge < -0.3 is 19.4 Å². The van der Waals surface area contributed by atoms with Gasteiger partial charge in [0, 0.05) is 40.2 Å². The molecule has 6 aromatic heterocycles. The highest BCUT2D eigenvalue weighted by Crippen LogP contribution is 2.42. The molecule has 0 fully saturated rings. The third-order valence-corrected chi connectivity index (χ3v) is 10.6. The number of aromatic nitrogens is 4. The van der Waals surface area contributed by atoms with E-state index in [0.717, 1.165) is 66.2 Å². The number of H-pyrrole nitrogens is 1. The first-order chi connectivity index (χ1) is 27.0. The van der Waals surface area contributed by atoms with Gasteiger partial charge in [0.05, 0.1) is 64.6 Å². The minimum Gasteiger partial charge on any atom is -0.641 e. The molecule has 0 aliphatic carbocycles. The zero-order valence-corrected chi connectivity index (χ0v) is 29.6. The highest BCUT2D eigenvalue weighted by Gasteiger charge is 2.22. The number of nitriles is 2. The van der Waals surface area contributed by atoms with Crippen LogP contribution in [-0.2, 0) is 0 Å². The maximum Gasteiger partial charge on any atom is 0.338 e. The van der Waals surface area contributed by atoms with Crippen LogP contribution in [0.3, 0.4) is 0 Å². The smallest absolute Gasteiger partial charge is 0.338 e. The Morgan fingerprint density at radius 2 is 1.33 bits per heavy atom. The van der Waals surface area contributed by atoms with Crippen LogP contribution in [0, 0.1) is 22.7 Å². The van der Waals surface area contributed by atoms with Gasteiger partial charge in [-0.15, -0.1) is 5.52 Å². The second-order valence-corrected chi connectivity index (χ2v) is 13.4. The first-order valence-corrected chi connectivity index (χ1v) is 17.6. The molecule has 55 heavy (non-hydrogen) atoms. The molecule has 10 aromatic rings. The Morgan fingerprint density at radius 1 is 0.655 bits per heavy atom. The van der Waals surface area contributed by atoms with Crippen LogP contribution in [0.15, 0.2) is 132 Å². The number of fused-ring (bicyclic) bond motifs is 6. The molecule has 6 heterocycles. The zero-order chi connectivity index (χ0) is 37.4. The molecular formula is C46H28N6O3. The maximum atomic E-state index is 15.2. The fraction of sp³-hybridized carbons (Fsp3) is 0.0435. The Balaban J connectivity index is 1.46. The van der Waals surface area contributed by atoms with Gasteiger partial charge in [0.2, 0.25) is 0 Å². The Kier molecular flexibility index (Phi) is 7.00. The van der Waals surface area contributed by atoms with E-state index < -0.39 is 0 Å². The lowest BCUT2D eigenvalue weighted by Crippen LogP contribution is -2.21. The number of methoxy groups -OCH3 is 2. The number of nitrogens with one attached hydrogen (secondary N) is 1. The van der Waals surface area contributed by atoms with Crippen molar-refractivity contribution in [2.75, 3.05) is 14.2 Å². The maximum absolute atomic E-state index is 15.2. The molecule has 0 amide bonds. The van der Waals surface area contributed by atoms with Gasteiger partial charge in [-0.1, -0.05) is 17.6 Å². The number of hydrogen-bond acceptors (Lipinski definition) is 5. The topological polar surface area (TPSA) is 122 Å². The van der Waals surface area contributed by atoms with Crippen molar-refractivity contribution < 1.29 is 9.47 Å². The van der Waals surface area contributed by atoms with E-state index in [1.54, 1.807) is 47.3 Å². The second kappa shape index (κ2) is 12.1. The van der Waals surface area contributed by atoms with Crippen LogP contribution < -0.4 is 20.1 Å². The van der Waals surface area contributed by atoms with Crippen molar-refractivity contribution in [3.05, 3.63) is 149 Å². The molecule has 9 heteroatoms. The van der Waals surface area contributed by atoms with Gasteiger partial charge in [0.15, 0.2) is 0 Å². The molecule has 0 saturated carbocycles. The van der Waals surface area contributed by atoms with Crippen molar-refractivity contribution in [3.8, 4) is 57.0 Å². The minimum absolute atomic E-state index is 0.248. The van der Waals surface area contributed by atoms with Crippen molar-refractivity contribution in [1.82, 2.24) is 18.8 Å². The average Bonchev–Trinajstić information content (AvgIpc) is 4.06. The Hall–Kier alpha value is -7.88. The summed E-state index contributed by atoms with van der Waals surface area (Å²) in [7, 11) is 3.29. The zero-order valence-electron chi connectivity index (χ0n) is 29.6. The molecule has 0 aliphatic heterocycles. The van der Waals surface area contributed by atoms with Crippen molar-refractivity contribution in [2.24, 2.45) is 0 Å². The molecule has 9 nitrogen and oxygen atoms in total. The molecule has 260 valence electrons. The SMILES string of the molecule is COc1ccc2c(OC)ccc(-c3c4ccc([nH]4)[c+](-c4ccc(C#N)cc4)c4ccc([n-]4)c4ccc5c(-c6ccc(C#N)cc6)c6ccc3n6c(=O)n54)c2c1. The van der Waals surface area contributed by atoms with E-state index in [-0.39, 0.29) is 5.69 Å². The standard InChI is InChI=1S/C46H28N6O3/c1-54-30-11-12-31-33(23-30)32(13-22-42(31)55-2)45-37-17-16-36(50-37)43(28-7-3-26(24-47)4-8-28)35-15-14-34(49-35)38-18-19-39-44(29-9-5-27(25-48)6-10-29)40-20-21-41(45)52(40)46(53)51(38)39/h3-23,50H,1-2H3. The first kappa shape index (κ1) is 31.8. The highest BCUT2D eigenvalue weighted by molar-refractivity contribution is 6.09. The molecule has 10 rings (SSSR count). The molecule has 4 aromatic carbocycles. The van der Waals surface area contributed by atoms with Gasteiger partial charge in [-0.25, -0.2) is 4.79 Å². The van der Waals surface area contributed by atoms with Gasteiger partial charge in [0.1, 0.15) is 23.1 Å². The molecular weight excluding hydrogens is 685 g/mol. The van der Waals surface area contributed by atoms with Gasteiger partial charge in [-0.05, 0) is 114 Å². The van der Waals surface area contributed by atoms with Crippen molar-refractivity contribution in [1.29, 1.82) is 10.5 Å². The molecule has 0 unspecified atom stereocenters. The van der Waals surface area contributed by atoms with Gasteiger partial charge >= 0.3 is 5.69 Å². The summed E-state index contributed by atoms with van der Waals surface area (Å²) in [5.41, 5.74) is 11.7. The number of hydrogen-bond donors (Lipinski definition) is 1. The average molecular weight is 713 g/mol. The number of benzene rings is 4. The van der Waals surface area contributed by atoms with Crippen molar-refractivity contribution in [3.63, 3.8) is 0 Å². The summed E-state index contributed by atoms with van der Waals surface area (Å²) in [6.07, 6.45) is 0. The van der Waals surface area contributed by atoms with Crippen LogP contribution in [0.5, 0.6) is 11.5 Å². The second-order valence-electron chi connectivity index (χ2n) is 13.4. The highest BCUT2D eigenvalue weighted by atomic mass is 16.5. The largest absolute Gasteiger partial charge is 0.641 e. The Labute approximate surface area is 313 Å². The lowest BCUT2D eigenvalue weighted by atomic mass is 9.97. The monoisotopic (exact) mass is 712 g/mol. The van der Waals surface area contributed by atoms with Crippen LogP contribution in [0.2, 0.25) is 0 Å². The van der Waals surface area contributed by atoms with Crippen LogP contribution >= 0.6 is 0 Å². The lowest BCUT2D eigenvalue weighted by molar-refractivity contribution is 0.414. The Bertz CT molecular complexity index is 3380. The summed E-state index contributed by atoms with van der Waals surface area (Å²) in [5.74, 6) is 1.39. The van der Waals surface area contributed by atoms with E-state index >= 15 is 4.79 Å². The molecule has 0 radical (unpaired) electrons. The molecule has 0 aliphatic rings. The molecule has 0 atom stereocenters. The van der Waals surface area contributed by atoms with Gasteiger partial charge in [-0.2, -0.15) is 10.5 Å². The predicted molar refractivity (Wildman–Crippen MR) is 216 cm³/mol. The van der Waals surface area contributed by atoms with E-state index in [4.69, 9.17) is 14.5 Å². The first-order valence-electron chi connectivity index (χ1n) is 17.6. The summed E-state index contributed by atoms with van der Waals surface area (Å²) < 4.78 is 15.1. The number of nitrogens with zero attached hydrogens (tertiary/aromatic N) is 5. The van der Waals surface area contributed by atoms with Crippen LogP contribution in [-0.4, -0.2) is 28.0 Å². The van der Waals surface area contributed by atoms with Crippen LogP contribution in [0.1, 0.15) is 11.1 Å². The predicted octanol–water partition coefficient (Wildman–Crippen LogP) is 9.49. The number of aromatic amines is 1. The third kappa shape index (κ3) is 4.71. The Morgan fingerprint density at radius 3 is 2.02 bits per heavy atom. The van der Waals surface area contributed by atoms with Crippen LogP contribution in [0.25, 0.3) is 88.3 Å². The lowest BCUT2D eigenvalue weighted by Gasteiger charge is -2.14. The quantitative estimate of drug-likeness (QED) is 0.178. The third-order valence-electron chi connectivity index (χ3n) is 10.6. The fourth-order valence-corrected chi connectivity index (χ4v) is 8.04. The molecule has 0 saturated heterocycles. The summed E-state index contributed by atoms with van der Waals surface area (Å²) in [6.45, 7) is 0. The number of rotatable bonds is 5. The van der Waals surface area contributed by atoms with E-state index in [1.807, 2.05) is 103 Å².